The summed E-state index contributed by atoms with van der Waals surface area (Å²) in [5, 5.41) is 3.58. The molecule has 2 aliphatic rings. The van der Waals surface area contributed by atoms with Gasteiger partial charge in [0, 0.05) is 32.6 Å². The summed E-state index contributed by atoms with van der Waals surface area (Å²) in [6, 6.07) is 8.82. The summed E-state index contributed by atoms with van der Waals surface area (Å²) in [5.41, 5.74) is 2.98. The summed E-state index contributed by atoms with van der Waals surface area (Å²) < 4.78 is 5.16. The maximum Gasteiger partial charge on any atom is 0.309 e. The minimum absolute atomic E-state index is 0. The monoisotopic (exact) mass is 485 g/mol. The Hall–Kier alpha value is -1.31. The van der Waals surface area contributed by atoms with E-state index >= 15 is 0 Å². The molecule has 150 valence electrons. The molecule has 1 atom stereocenters. The molecular formula is C21H32IN3O2. The molecule has 1 saturated heterocycles. The highest BCUT2D eigenvalue weighted by Gasteiger charge is 2.28. The van der Waals surface area contributed by atoms with Gasteiger partial charge < -0.3 is 15.0 Å². The molecule has 0 aromatic heterocycles. The van der Waals surface area contributed by atoms with Crippen molar-refractivity contribution in [3.05, 3.63) is 35.4 Å². The van der Waals surface area contributed by atoms with E-state index in [1.807, 2.05) is 14.0 Å². The fourth-order valence-corrected chi connectivity index (χ4v) is 4.20. The van der Waals surface area contributed by atoms with Crippen LogP contribution in [0.5, 0.6) is 0 Å². The highest BCUT2D eigenvalue weighted by Crippen LogP contribution is 2.30. The molecule has 0 saturated carbocycles. The maximum absolute atomic E-state index is 11.9. The summed E-state index contributed by atoms with van der Waals surface area (Å²) in [4.78, 5) is 18.6. The number of rotatable bonds is 4. The number of hydrogen-bond acceptors (Lipinski definition) is 3. The van der Waals surface area contributed by atoms with Crippen molar-refractivity contribution in [3.63, 3.8) is 0 Å². The van der Waals surface area contributed by atoms with Crippen LogP contribution in [0.1, 0.15) is 49.7 Å². The van der Waals surface area contributed by atoms with E-state index in [0.29, 0.717) is 12.5 Å². The van der Waals surface area contributed by atoms with Crippen molar-refractivity contribution in [1.82, 2.24) is 10.2 Å². The molecule has 27 heavy (non-hydrogen) atoms. The van der Waals surface area contributed by atoms with Gasteiger partial charge >= 0.3 is 5.97 Å². The van der Waals surface area contributed by atoms with Crippen molar-refractivity contribution in [2.45, 2.75) is 44.9 Å². The third-order valence-electron chi connectivity index (χ3n) is 5.63. The van der Waals surface area contributed by atoms with Crippen LogP contribution in [0.4, 0.5) is 0 Å². The molecule has 1 aromatic rings. The predicted molar refractivity (Wildman–Crippen MR) is 120 cm³/mol. The number of carbonyl (C=O) groups excluding carboxylic acids is 1. The van der Waals surface area contributed by atoms with Crippen LogP contribution >= 0.6 is 24.0 Å². The number of benzene rings is 1. The van der Waals surface area contributed by atoms with Crippen LogP contribution < -0.4 is 5.32 Å². The van der Waals surface area contributed by atoms with Gasteiger partial charge in [-0.3, -0.25) is 9.79 Å². The number of nitrogens with one attached hydrogen (secondary N) is 1. The highest BCUT2D eigenvalue weighted by atomic mass is 127. The number of hydrogen-bond donors (Lipinski definition) is 1. The number of halogens is 1. The van der Waals surface area contributed by atoms with Gasteiger partial charge in [-0.25, -0.2) is 0 Å². The number of likely N-dealkylation sites (tertiary alicyclic amines) is 1. The Balaban J connectivity index is 0.00000261. The number of nitrogens with zero attached hydrogens (tertiary/aromatic N) is 2. The van der Waals surface area contributed by atoms with E-state index in [-0.39, 0.29) is 35.9 Å². The predicted octanol–water partition coefficient (Wildman–Crippen LogP) is 3.58. The first kappa shape index (κ1) is 22.0. The Morgan fingerprint density at radius 3 is 2.70 bits per heavy atom. The number of carbonyl (C=O) groups is 1. The zero-order valence-corrected chi connectivity index (χ0v) is 18.8. The fourth-order valence-electron chi connectivity index (χ4n) is 4.20. The smallest absolute Gasteiger partial charge is 0.309 e. The normalized spacial score (nSPS) is 20.4. The first-order chi connectivity index (χ1) is 12.7. The number of esters is 1. The standard InChI is InChI=1S/C21H31N3O2.HI/c1-3-26-20(25)17-11-13-24(14-12-17)21(22-2)23-15-18-9-6-8-16-7-4-5-10-19(16)18;/h4-5,7,10,17-18H,3,6,8-9,11-15H2,1-2H3,(H,22,23);1H. The molecular weight excluding hydrogens is 453 g/mol. The number of fused-ring (bicyclic) bond motifs is 1. The van der Waals surface area contributed by atoms with E-state index in [2.05, 4.69) is 39.5 Å². The van der Waals surface area contributed by atoms with Gasteiger partial charge in [0.25, 0.3) is 0 Å². The quantitative estimate of drug-likeness (QED) is 0.307. The summed E-state index contributed by atoms with van der Waals surface area (Å²) >= 11 is 0. The third-order valence-corrected chi connectivity index (χ3v) is 5.63. The zero-order chi connectivity index (χ0) is 18.4. The average molecular weight is 485 g/mol. The van der Waals surface area contributed by atoms with E-state index in [9.17, 15) is 4.79 Å². The molecule has 1 aromatic carbocycles. The zero-order valence-electron chi connectivity index (χ0n) is 16.4. The molecule has 6 heteroatoms. The van der Waals surface area contributed by atoms with Crippen LogP contribution in [0.25, 0.3) is 0 Å². The number of guanidine groups is 1. The molecule has 0 radical (unpaired) electrons. The van der Waals surface area contributed by atoms with Crippen molar-refractivity contribution in [2.75, 3.05) is 33.3 Å². The van der Waals surface area contributed by atoms with Crippen LogP contribution in [-0.2, 0) is 16.0 Å². The Kier molecular flexibility index (Phi) is 8.86. The number of piperidine rings is 1. The lowest BCUT2D eigenvalue weighted by Crippen LogP contribution is -2.47. The average Bonchev–Trinajstić information content (AvgIpc) is 2.69. The van der Waals surface area contributed by atoms with E-state index in [0.717, 1.165) is 38.4 Å². The van der Waals surface area contributed by atoms with Crippen molar-refractivity contribution in [1.29, 1.82) is 0 Å². The van der Waals surface area contributed by atoms with E-state index in [1.165, 1.54) is 30.4 Å². The van der Waals surface area contributed by atoms with Crippen LogP contribution in [0.15, 0.2) is 29.3 Å². The minimum Gasteiger partial charge on any atom is -0.466 e. The van der Waals surface area contributed by atoms with Gasteiger partial charge in [-0.15, -0.1) is 24.0 Å². The first-order valence-electron chi connectivity index (χ1n) is 9.93. The van der Waals surface area contributed by atoms with Gasteiger partial charge in [-0.05, 0) is 50.2 Å². The number of aryl methyl sites for hydroxylation is 1. The first-order valence-corrected chi connectivity index (χ1v) is 9.93. The summed E-state index contributed by atoms with van der Waals surface area (Å²) in [6.07, 6.45) is 5.36. The molecule has 0 spiro atoms. The largest absolute Gasteiger partial charge is 0.466 e. The van der Waals surface area contributed by atoms with Crippen LogP contribution in [0.3, 0.4) is 0 Å². The molecule has 1 aliphatic heterocycles. The Labute approximate surface area is 180 Å². The van der Waals surface area contributed by atoms with Crippen molar-refractivity contribution in [2.24, 2.45) is 10.9 Å². The van der Waals surface area contributed by atoms with Crippen molar-refractivity contribution < 1.29 is 9.53 Å². The van der Waals surface area contributed by atoms with Gasteiger partial charge in [0.05, 0.1) is 12.5 Å². The van der Waals surface area contributed by atoms with Gasteiger partial charge in [0.2, 0.25) is 0 Å². The Bertz CT molecular complexity index is 642. The SMILES string of the molecule is CCOC(=O)C1CCN(C(=NC)NCC2CCCc3ccccc32)CC1.I. The van der Waals surface area contributed by atoms with Crippen LogP contribution in [-0.4, -0.2) is 50.1 Å². The second kappa shape index (κ2) is 10.9. The van der Waals surface area contributed by atoms with Crippen molar-refractivity contribution >= 4 is 35.9 Å². The summed E-state index contributed by atoms with van der Waals surface area (Å²) in [5.74, 6) is 1.49. The summed E-state index contributed by atoms with van der Waals surface area (Å²) in [7, 11) is 1.84. The molecule has 1 fully saturated rings. The van der Waals surface area contributed by atoms with Crippen LogP contribution in [0.2, 0.25) is 0 Å². The molecule has 3 rings (SSSR count). The molecule has 1 aliphatic carbocycles. The molecule has 1 heterocycles. The lowest BCUT2D eigenvalue weighted by Gasteiger charge is -2.34. The van der Waals surface area contributed by atoms with Gasteiger partial charge in [0.1, 0.15) is 0 Å². The maximum atomic E-state index is 11.9. The lowest BCUT2D eigenvalue weighted by molar-refractivity contribution is -0.149. The minimum atomic E-state index is -0.0473. The molecule has 0 bridgehead atoms. The van der Waals surface area contributed by atoms with E-state index in [1.54, 1.807) is 0 Å². The van der Waals surface area contributed by atoms with Crippen LogP contribution in [0, 0.1) is 5.92 Å². The van der Waals surface area contributed by atoms with E-state index < -0.39 is 0 Å². The van der Waals surface area contributed by atoms with Gasteiger partial charge in [-0.1, -0.05) is 24.3 Å². The van der Waals surface area contributed by atoms with Gasteiger partial charge in [-0.2, -0.15) is 0 Å². The van der Waals surface area contributed by atoms with Crippen molar-refractivity contribution in [3.8, 4) is 0 Å². The summed E-state index contributed by atoms with van der Waals surface area (Å²) in [6.45, 7) is 4.95. The Morgan fingerprint density at radius 2 is 2.00 bits per heavy atom. The fraction of sp³-hybridized carbons (Fsp3) is 0.619. The number of ether oxygens (including phenoxy) is 1. The number of aliphatic imine (C=N–C) groups is 1. The highest BCUT2D eigenvalue weighted by molar-refractivity contribution is 14.0. The third kappa shape index (κ3) is 5.59. The van der Waals surface area contributed by atoms with Gasteiger partial charge in [0.15, 0.2) is 5.96 Å². The topological polar surface area (TPSA) is 53.9 Å². The molecule has 0 amide bonds. The van der Waals surface area contributed by atoms with E-state index in [4.69, 9.17) is 4.74 Å². The second-order valence-corrected chi connectivity index (χ2v) is 7.23. The molecule has 1 N–H and O–H groups in total. The lowest BCUT2D eigenvalue weighted by atomic mass is 9.83. The second-order valence-electron chi connectivity index (χ2n) is 7.23. The molecule has 5 nitrogen and oxygen atoms in total. The Morgan fingerprint density at radius 1 is 1.26 bits per heavy atom. The molecule has 1 unspecified atom stereocenters.